The molecule has 1 amide bonds. The first-order valence-corrected chi connectivity index (χ1v) is 8.24. The highest BCUT2D eigenvalue weighted by atomic mass is 16.5. The van der Waals surface area contributed by atoms with Gasteiger partial charge in [-0.1, -0.05) is 54.6 Å². The first-order valence-electron chi connectivity index (χ1n) is 8.24. The normalized spacial score (nSPS) is 11.9. The van der Waals surface area contributed by atoms with Crippen molar-refractivity contribution in [2.75, 3.05) is 6.61 Å². The fourth-order valence-electron chi connectivity index (χ4n) is 2.67. The molecule has 3 rings (SSSR count). The lowest BCUT2D eigenvalue weighted by atomic mass is 10.1. The molecule has 0 aliphatic rings. The average Bonchev–Trinajstić information content (AvgIpc) is 3.19. The second-order valence-corrected chi connectivity index (χ2v) is 5.83. The van der Waals surface area contributed by atoms with Gasteiger partial charge in [0.05, 0.1) is 12.6 Å². The number of carbonyl (C=O) groups excluding carboxylic acids is 1. The van der Waals surface area contributed by atoms with E-state index in [4.69, 9.17) is 9.62 Å². The highest BCUT2D eigenvalue weighted by Crippen LogP contribution is 2.23. The van der Waals surface area contributed by atoms with Crippen molar-refractivity contribution in [3.63, 3.8) is 0 Å². The van der Waals surface area contributed by atoms with Gasteiger partial charge >= 0.3 is 5.91 Å². The van der Waals surface area contributed by atoms with Crippen LogP contribution in [0.3, 0.4) is 0 Å². The molecule has 6 nitrogen and oxygen atoms in total. The minimum Gasteiger partial charge on any atom is -0.451 e. The number of benzene rings is 2. The van der Waals surface area contributed by atoms with E-state index in [1.165, 1.54) is 6.07 Å². The van der Waals surface area contributed by atoms with Gasteiger partial charge in [-0.3, -0.25) is 10.0 Å². The molecule has 6 heteroatoms. The third-order valence-electron chi connectivity index (χ3n) is 4.11. The van der Waals surface area contributed by atoms with E-state index in [1.54, 1.807) is 11.5 Å². The number of amides is 1. The first kappa shape index (κ1) is 17.9. The highest BCUT2D eigenvalue weighted by molar-refractivity contribution is 5.91. The zero-order chi connectivity index (χ0) is 18.4. The summed E-state index contributed by atoms with van der Waals surface area (Å²) >= 11 is 0. The Kier molecular flexibility index (Phi) is 5.80. The molecular formula is C20H20N2O4. The predicted octanol–water partition coefficient (Wildman–Crippen LogP) is 2.89. The van der Waals surface area contributed by atoms with Gasteiger partial charge in [0.1, 0.15) is 5.76 Å². The lowest BCUT2D eigenvalue weighted by molar-refractivity contribution is 0.0677. The summed E-state index contributed by atoms with van der Waals surface area (Å²) in [4.78, 5) is 11.3. The summed E-state index contributed by atoms with van der Waals surface area (Å²) in [5, 5.41) is 21.6. The molecule has 2 aromatic carbocycles. The van der Waals surface area contributed by atoms with Gasteiger partial charge in [-0.25, -0.2) is 5.48 Å². The molecule has 26 heavy (non-hydrogen) atoms. The lowest BCUT2D eigenvalue weighted by Crippen LogP contribution is -2.23. The van der Waals surface area contributed by atoms with E-state index in [1.807, 2.05) is 54.6 Å². The fraction of sp³-hybridized carbons (Fsp3) is 0.150. The van der Waals surface area contributed by atoms with E-state index in [0.717, 1.165) is 16.7 Å². The summed E-state index contributed by atoms with van der Waals surface area (Å²) in [5.41, 5.74) is 4.46. The molecule has 0 aliphatic heterocycles. The van der Waals surface area contributed by atoms with Crippen molar-refractivity contribution in [1.29, 1.82) is 0 Å². The van der Waals surface area contributed by atoms with Crippen LogP contribution in [-0.2, 0) is 6.54 Å². The molecule has 0 saturated heterocycles. The molecule has 3 aromatic rings. The van der Waals surface area contributed by atoms with E-state index < -0.39 is 5.91 Å². The number of aliphatic hydroxyl groups is 1. The van der Waals surface area contributed by atoms with Crippen molar-refractivity contribution in [3.8, 4) is 11.3 Å². The Balaban J connectivity index is 1.64. The second-order valence-electron chi connectivity index (χ2n) is 5.83. The molecule has 0 unspecified atom stereocenters. The summed E-state index contributed by atoms with van der Waals surface area (Å²) in [6.07, 6.45) is 0. The van der Waals surface area contributed by atoms with E-state index in [2.05, 4.69) is 5.32 Å². The van der Waals surface area contributed by atoms with Crippen molar-refractivity contribution in [2.45, 2.75) is 12.6 Å². The van der Waals surface area contributed by atoms with Gasteiger partial charge < -0.3 is 14.8 Å². The Morgan fingerprint density at radius 2 is 1.73 bits per heavy atom. The van der Waals surface area contributed by atoms with Crippen molar-refractivity contribution < 1.29 is 19.5 Å². The van der Waals surface area contributed by atoms with Crippen LogP contribution in [0.15, 0.2) is 71.1 Å². The summed E-state index contributed by atoms with van der Waals surface area (Å²) in [6.45, 7) is 0.626. The number of hydrogen-bond acceptors (Lipinski definition) is 5. The molecule has 0 aliphatic carbocycles. The quantitative estimate of drug-likeness (QED) is 0.387. The van der Waals surface area contributed by atoms with Gasteiger partial charge in [-0.2, -0.15) is 0 Å². The number of hydrogen-bond donors (Lipinski definition) is 4. The van der Waals surface area contributed by atoms with Crippen LogP contribution < -0.4 is 10.8 Å². The van der Waals surface area contributed by atoms with Gasteiger partial charge in [-0.05, 0) is 23.3 Å². The molecule has 0 spiro atoms. The molecule has 0 bridgehead atoms. The SMILES string of the molecule is O=C(NO)c1ccc(-c2ccc(CN[C@H](CO)c3ccccc3)cc2)o1. The van der Waals surface area contributed by atoms with Crippen LogP contribution in [0.2, 0.25) is 0 Å². The fourth-order valence-corrected chi connectivity index (χ4v) is 2.67. The largest absolute Gasteiger partial charge is 0.451 e. The average molecular weight is 352 g/mol. The van der Waals surface area contributed by atoms with Gasteiger partial charge in [0.2, 0.25) is 0 Å². The lowest BCUT2D eigenvalue weighted by Gasteiger charge is -2.16. The van der Waals surface area contributed by atoms with Gasteiger partial charge in [0.25, 0.3) is 0 Å². The number of aliphatic hydroxyl groups excluding tert-OH is 1. The molecule has 4 N–H and O–H groups in total. The third kappa shape index (κ3) is 4.18. The van der Waals surface area contributed by atoms with Gasteiger partial charge in [0, 0.05) is 12.1 Å². The molecule has 0 radical (unpaired) electrons. The minimum absolute atomic E-state index is 0.0180. The van der Waals surface area contributed by atoms with Crippen molar-refractivity contribution in [2.24, 2.45) is 0 Å². The topological polar surface area (TPSA) is 94.7 Å². The van der Waals surface area contributed by atoms with Gasteiger partial charge in [0.15, 0.2) is 5.76 Å². The van der Waals surface area contributed by atoms with Crippen molar-refractivity contribution in [3.05, 3.63) is 83.6 Å². The van der Waals surface area contributed by atoms with E-state index >= 15 is 0 Å². The molecular weight excluding hydrogens is 332 g/mol. The van der Waals surface area contributed by atoms with E-state index in [-0.39, 0.29) is 18.4 Å². The maximum absolute atomic E-state index is 11.3. The second kappa shape index (κ2) is 8.44. The van der Waals surface area contributed by atoms with Crippen molar-refractivity contribution in [1.82, 2.24) is 10.8 Å². The van der Waals surface area contributed by atoms with Gasteiger partial charge in [-0.15, -0.1) is 0 Å². The van der Waals surface area contributed by atoms with E-state index in [0.29, 0.717) is 12.3 Å². The summed E-state index contributed by atoms with van der Waals surface area (Å²) in [6, 6.07) is 20.6. The Morgan fingerprint density at radius 1 is 1.00 bits per heavy atom. The predicted molar refractivity (Wildman–Crippen MR) is 96.5 cm³/mol. The number of nitrogens with one attached hydrogen (secondary N) is 2. The van der Waals surface area contributed by atoms with Crippen LogP contribution in [-0.4, -0.2) is 22.8 Å². The van der Waals surface area contributed by atoms with Crippen LogP contribution in [0, 0.1) is 0 Å². The monoisotopic (exact) mass is 352 g/mol. The first-order chi connectivity index (χ1) is 12.7. The van der Waals surface area contributed by atoms with Crippen molar-refractivity contribution >= 4 is 5.91 Å². The van der Waals surface area contributed by atoms with E-state index in [9.17, 15) is 9.90 Å². The minimum atomic E-state index is -0.687. The Bertz CT molecular complexity index is 844. The van der Waals surface area contributed by atoms with Crippen LogP contribution in [0.1, 0.15) is 27.7 Å². The Hall–Kier alpha value is -2.93. The smallest absolute Gasteiger partial charge is 0.310 e. The molecule has 134 valence electrons. The Labute approximate surface area is 151 Å². The highest BCUT2D eigenvalue weighted by Gasteiger charge is 2.12. The van der Waals surface area contributed by atoms with Crippen LogP contribution >= 0.6 is 0 Å². The third-order valence-corrected chi connectivity index (χ3v) is 4.11. The van der Waals surface area contributed by atoms with Crippen LogP contribution in [0.5, 0.6) is 0 Å². The standard InChI is InChI=1S/C20H20N2O4/c23-13-17(15-4-2-1-3-5-15)21-12-14-6-8-16(9-7-14)18-10-11-19(26-18)20(24)22-25/h1-11,17,21,23,25H,12-13H2,(H,22,24)/t17-/m1/s1. The zero-order valence-electron chi connectivity index (χ0n) is 14.1. The number of furan rings is 1. The summed E-state index contributed by atoms with van der Waals surface area (Å²) in [5.74, 6) is -0.101. The number of rotatable bonds is 7. The maximum atomic E-state index is 11.3. The summed E-state index contributed by atoms with van der Waals surface area (Å²) < 4.78 is 5.41. The zero-order valence-corrected chi connectivity index (χ0v) is 14.1. The maximum Gasteiger partial charge on any atom is 0.310 e. The number of hydroxylamine groups is 1. The Morgan fingerprint density at radius 3 is 2.38 bits per heavy atom. The molecule has 1 heterocycles. The molecule has 0 fully saturated rings. The van der Waals surface area contributed by atoms with Crippen LogP contribution in [0.25, 0.3) is 11.3 Å². The molecule has 0 saturated carbocycles. The molecule has 1 aromatic heterocycles. The van der Waals surface area contributed by atoms with Crippen LogP contribution in [0.4, 0.5) is 0 Å². The number of carbonyl (C=O) groups is 1. The molecule has 1 atom stereocenters. The summed E-state index contributed by atoms with van der Waals surface area (Å²) in [7, 11) is 0.